The molecule has 0 aromatic rings. The minimum Gasteiger partial charge on any atom is -0.442 e. The Labute approximate surface area is 179 Å². The van der Waals surface area contributed by atoms with Crippen molar-refractivity contribution in [1.29, 1.82) is 0 Å². The van der Waals surface area contributed by atoms with Gasteiger partial charge in [0.25, 0.3) is 0 Å². The molecule has 0 N–H and O–H groups in total. The van der Waals surface area contributed by atoms with Crippen LogP contribution in [0.1, 0.15) is 136 Å². The number of esters is 1. The Morgan fingerprint density at radius 2 is 1.04 bits per heavy atom. The van der Waals surface area contributed by atoms with E-state index in [0.29, 0.717) is 24.7 Å². The van der Waals surface area contributed by atoms with E-state index in [0.717, 1.165) is 24.6 Å². The quantitative estimate of drug-likeness (QED) is 0.148. The number of hydrogen-bond donors (Lipinski definition) is 0. The molecule has 28 heavy (non-hydrogen) atoms. The summed E-state index contributed by atoms with van der Waals surface area (Å²) in [4.78, 5) is 23.1. The lowest BCUT2D eigenvalue weighted by Crippen LogP contribution is -2.09. The van der Waals surface area contributed by atoms with Crippen LogP contribution in [0.25, 0.3) is 0 Å². The van der Waals surface area contributed by atoms with Crippen molar-refractivity contribution >= 4 is 22.8 Å². The number of unbranched alkanes of at least 4 members (excludes halogenated alkanes) is 14. The molecule has 0 aliphatic rings. The van der Waals surface area contributed by atoms with Gasteiger partial charge in [0.1, 0.15) is 0 Å². The van der Waals surface area contributed by atoms with Crippen molar-refractivity contribution in [3.05, 3.63) is 5.44 Å². The Balaban J connectivity index is 3.50. The maximum Gasteiger partial charge on any atom is 0.307 e. The summed E-state index contributed by atoms with van der Waals surface area (Å²) in [5, 5.41) is 0.0693. The minimum absolute atomic E-state index is 0.0693. The van der Waals surface area contributed by atoms with Gasteiger partial charge in [-0.2, -0.15) is 0 Å². The highest BCUT2D eigenvalue weighted by atomic mass is 32.2. The van der Waals surface area contributed by atoms with Crippen LogP contribution in [-0.4, -0.2) is 11.1 Å². The van der Waals surface area contributed by atoms with Crippen molar-refractivity contribution in [2.45, 2.75) is 136 Å². The molecule has 0 heterocycles. The molecule has 0 amide bonds. The fourth-order valence-corrected chi connectivity index (χ4v) is 3.94. The lowest BCUT2D eigenvalue weighted by Gasteiger charge is -2.14. The van der Waals surface area contributed by atoms with Crippen molar-refractivity contribution in [3.63, 3.8) is 0 Å². The first-order valence-electron chi connectivity index (χ1n) is 11.9. The maximum absolute atomic E-state index is 11.6. The van der Waals surface area contributed by atoms with Gasteiger partial charge < -0.3 is 4.74 Å². The first kappa shape index (κ1) is 27.5. The molecule has 0 unspecified atom stereocenters. The summed E-state index contributed by atoms with van der Waals surface area (Å²) in [6.07, 6.45) is 21.5. The third-order valence-corrected chi connectivity index (χ3v) is 6.05. The molecule has 0 rings (SSSR count). The Bertz CT molecular complexity index is 353. The van der Waals surface area contributed by atoms with Crippen molar-refractivity contribution in [2.24, 2.45) is 0 Å². The Hall–Kier alpha value is -0.510. The standard InChI is InChI=1S/C24H45O3S/c1-4-7-8-9-10-11-12-13-14-15-16-17-18-19-20-21-24(27-22(25)5-2)28-23(26)6-3/h4-21H2,1-3H3. The Morgan fingerprint density at radius 1 is 0.607 bits per heavy atom. The van der Waals surface area contributed by atoms with Crippen LogP contribution in [0.3, 0.4) is 0 Å². The zero-order valence-corrected chi connectivity index (χ0v) is 19.7. The van der Waals surface area contributed by atoms with Gasteiger partial charge >= 0.3 is 5.97 Å². The molecule has 0 aliphatic carbocycles. The van der Waals surface area contributed by atoms with Crippen molar-refractivity contribution in [2.75, 3.05) is 0 Å². The van der Waals surface area contributed by atoms with E-state index in [4.69, 9.17) is 4.74 Å². The van der Waals surface area contributed by atoms with Crippen LogP contribution in [0.2, 0.25) is 0 Å². The summed E-state index contributed by atoms with van der Waals surface area (Å²) in [5.41, 5.74) is 0.591. The predicted molar refractivity (Wildman–Crippen MR) is 122 cm³/mol. The van der Waals surface area contributed by atoms with Gasteiger partial charge in [-0.25, -0.2) is 0 Å². The lowest BCUT2D eigenvalue weighted by atomic mass is 10.0. The molecule has 0 aromatic heterocycles. The first-order valence-corrected chi connectivity index (χ1v) is 12.7. The predicted octanol–water partition coefficient (Wildman–Crippen LogP) is 8.36. The molecule has 0 atom stereocenters. The summed E-state index contributed by atoms with van der Waals surface area (Å²) in [6.45, 7) is 5.89. The van der Waals surface area contributed by atoms with Crippen LogP contribution in [0, 0.1) is 5.44 Å². The van der Waals surface area contributed by atoms with E-state index in [1.165, 1.54) is 83.5 Å². The average molecular weight is 414 g/mol. The molecular formula is C24H45O3S. The highest BCUT2D eigenvalue weighted by Gasteiger charge is 2.19. The van der Waals surface area contributed by atoms with E-state index in [9.17, 15) is 9.59 Å². The summed E-state index contributed by atoms with van der Waals surface area (Å²) in [7, 11) is 0. The van der Waals surface area contributed by atoms with Crippen molar-refractivity contribution < 1.29 is 14.3 Å². The number of carbonyl (C=O) groups excluding carboxylic acids is 2. The zero-order valence-electron chi connectivity index (χ0n) is 18.9. The third-order valence-electron chi connectivity index (χ3n) is 5.02. The van der Waals surface area contributed by atoms with Gasteiger partial charge in [-0.3, -0.25) is 9.59 Å². The van der Waals surface area contributed by atoms with Crippen LogP contribution in [0.15, 0.2) is 0 Å². The molecule has 0 fully saturated rings. The van der Waals surface area contributed by atoms with Crippen LogP contribution < -0.4 is 0 Å². The molecule has 165 valence electrons. The number of carbonyl (C=O) groups is 2. The molecule has 0 spiro atoms. The largest absolute Gasteiger partial charge is 0.442 e. The molecule has 3 nitrogen and oxygen atoms in total. The van der Waals surface area contributed by atoms with Gasteiger partial charge in [0.15, 0.2) is 5.12 Å². The van der Waals surface area contributed by atoms with Gasteiger partial charge in [-0.15, -0.1) is 0 Å². The topological polar surface area (TPSA) is 43.4 Å². The third kappa shape index (κ3) is 18.8. The average Bonchev–Trinajstić information content (AvgIpc) is 2.70. The molecule has 4 heteroatoms. The van der Waals surface area contributed by atoms with Crippen LogP contribution >= 0.6 is 11.8 Å². The molecule has 0 saturated carbocycles. The van der Waals surface area contributed by atoms with E-state index < -0.39 is 0 Å². The van der Waals surface area contributed by atoms with Crippen LogP contribution in [-0.2, 0) is 14.3 Å². The van der Waals surface area contributed by atoms with Gasteiger partial charge in [0.2, 0.25) is 5.44 Å². The zero-order chi connectivity index (χ0) is 20.9. The number of ether oxygens (including phenoxy) is 1. The second-order valence-corrected chi connectivity index (χ2v) is 8.84. The first-order chi connectivity index (χ1) is 13.6. The molecule has 0 aliphatic heterocycles. The fraction of sp³-hybridized carbons (Fsp3) is 0.875. The van der Waals surface area contributed by atoms with Gasteiger partial charge in [0, 0.05) is 19.3 Å². The Kier molecular flexibility index (Phi) is 20.8. The SMILES string of the molecule is CCCCCCCCCCCCCCCCC[C](OC(=O)CC)SC(=O)CC. The fourth-order valence-electron chi connectivity index (χ4n) is 3.16. The van der Waals surface area contributed by atoms with E-state index in [2.05, 4.69) is 6.92 Å². The molecule has 1 radical (unpaired) electrons. The molecule has 0 saturated heterocycles. The minimum atomic E-state index is -0.243. The highest BCUT2D eigenvalue weighted by Crippen LogP contribution is 2.29. The summed E-state index contributed by atoms with van der Waals surface area (Å²) >= 11 is 1.11. The number of rotatable bonds is 20. The van der Waals surface area contributed by atoms with Gasteiger partial charge in [-0.1, -0.05) is 111 Å². The highest BCUT2D eigenvalue weighted by molar-refractivity contribution is 8.15. The molecule has 0 aromatic carbocycles. The second kappa shape index (κ2) is 21.2. The van der Waals surface area contributed by atoms with Crippen LogP contribution in [0.4, 0.5) is 0 Å². The normalized spacial score (nSPS) is 11.1. The van der Waals surface area contributed by atoms with Crippen LogP contribution in [0.5, 0.6) is 0 Å². The second-order valence-electron chi connectivity index (χ2n) is 7.73. The summed E-state index contributed by atoms with van der Waals surface area (Å²) in [6, 6.07) is 0. The monoisotopic (exact) mass is 413 g/mol. The van der Waals surface area contributed by atoms with Crippen molar-refractivity contribution in [1.82, 2.24) is 0 Å². The molecule has 0 bridgehead atoms. The summed E-state index contributed by atoms with van der Waals surface area (Å²) in [5.74, 6) is -0.243. The Morgan fingerprint density at radius 3 is 1.43 bits per heavy atom. The van der Waals surface area contributed by atoms with E-state index in [1.807, 2.05) is 6.92 Å². The number of hydrogen-bond acceptors (Lipinski definition) is 4. The summed E-state index contributed by atoms with van der Waals surface area (Å²) < 4.78 is 5.31. The van der Waals surface area contributed by atoms with E-state index in [1.54, 1.807) is 6.92 Å². The maximum atomic E-state index is 11.6. The lowest BCUT2D eigenvalue weighted by molar-refractivity contribution is -0.140. The van der Waals surface area contributed by atoms with Gasteiger partial charge in [0.05, 0.1) is 0 Å². The number of thioether (sulfide) groups is 1. The van der Waals surface area contributed by atoms with E-state index >= 15 is 0 Å². The smallest absolute Gasteiger partial charge is 0.307 e. The van der Waals surface area contributed by atoms with Crippen molar-refractivity contribution in [3.8, 4) is 0 Å². The molecular weight excluding hydrogens is 368 g/mol. The van der Waals surface area contributed by atoms with Gasteiger partial charge in [-0.05, 0) is 18.2 Å². The van der Waals surface area contributed by atoms with E-state index in [-0.39, 0.29) is 11.1 Å².